The zero-order chi connectivity index (χ0) is 52.9. The quantitative estimate of drug-likeness (QED) is 0.0261. The van der Waals surface area contributed by atoms with E-state index in [0.29, 0.717) is 19.3 Å². The first-order chi connectivity index (χ1) is 36.0. The highest BCUT2D eigenvalue weighted by molar-refractivity contribution is 5.71. The summed E-state index contributed by atoms with van der Waals surface area (Å²) in [5.74, 6) is -0.971. The van der Waals surface area contributed by atoms with Gasteiger partial charge in [0.15, 0.2) is 6.10 Å². The van der Waals surface area contributed by atoms with Crippen LogP contribution < -0.4 is 0 Å². The first-order valence-corrected chi connectivity index (χ1v) is 30.0. The lowest BCUT2D eigenvalue weighted by molar-refractivity contribution is -0.167. The number of unbranched alkanes of at least 4 members (excludes halogenated alkanes) is 22. The molecule has 0 rings (SSSR count). The molecule has 73 heavy (non-hydrogen) atoms. The number of hydrogen-bond acceptors (Lipinski definition) is 6. The third-order valence-corrected chi connectivity index (χ3v) is 12.5. The molecule has 1 unspecified atom stereocenters. The van der Waals surface area contributed by atoms with E-state index in [-0.39, 0.29) is 37.5 Å². The van der Waals surface area contributed by atoms with Gasteiger partial charge in [-0.25, -0.2) is 0 Å². The van der Waals surface area contributed by atoms with Crippen LogP contribution in [0.2, 0.25) is 0 Å². The predicted molar refractivity (Wildman–Crippen MR) is 316 cm³/mol. The minimum atomic E-state index is -0.806. The molecule has 414 valence electrons. The number of rotatable bonds is 53. The highest BCUT2D eigenvalue weighted by atomic mass is 16.6. The van der Waals surface area contributed by atoms with Crippen LogP contribution in [-0.4, -0.2) is 37.2 Å². The molecule has 0 bridgehead atoms. The lowest BCUT2D eigenvalue weighted by Crippen LogP contribution is -2.30. The largest absolute Gasteiger partial charge is 0.462 e. The second kappa shape index (κ2) is 60.4. The summed E-state index contributed by atoms with van der Waals surface area (Å²) in [5, 5.41) is 0. The van der Waals surface area contributed by atoms with Crippen LogP contribution in [0.1, 0.15) is 265 Å². The number of ether oxygens (including phenoxy) is 3. The van der Waals surface area contributed by atoms with Crippen LogP contribution in [0.5, 0.6) is 0 Å². The molecule has 0 radical (unpaired) electrons. The summed E-state index contributed by atoms with van der Waals surface area (Å²) < 4.78 is 16.8. The first-order valence-electron chi connectivity index (χ1n) is 30.0. The summed E-state index contributed by atoms with van der Waals surface area (Å²) in [5.41, 5.74) is 0. The molecule has 0 saturated carbocycles. The van der Waals surface area contributed by atoms with Gasteiger partial charge < -0.3 is 14.2 Å². The molecule has 0 amide bonds. The van der Waals surface area contributed by atoms with Crippen molar-refractivity contribution in [1.82, 2.24) is 0 Å². The van der Waals surface area contributed by atoms with Crippen molar-refractivity contribution in [2.24, 2.45) is 0 Å². The topological polar surface area (TPSA) is 78.9 Å². The highest BCUT2D eigenvalue weighted by Crippen LogP contribution is 2.14. The van der Waals surface area contributed by atoms with Crippen molar-refractivity contribution in [2.45, 2.75) is 271 Å². The highest BCUT2D eigenvalue weighted by Gasteiger charge is 2.19. The van der Waals surface area contributed by atoms with E-state index in [1.165, 1.54) is 103 Å². The maximum atomic E-state index is 12.8. The van der Waals surface area contributed by atoms with Gasteiger partial charge in [0.05, 0.1) is 0 Å². The molecular formula is C67H110O6. The van der Waals surface area contributed by atoms with Crippen molar-refractivity contribution >= 4 is 17.9 Å². The first kappa shape index (κ1) is 68.8. The molecule has 6 nitrogen and oxygen atoms in total. The Hall–Kier alpha value is -4.19. The summed E-state index contributed by atoms with van der Waals surface area (Å²) in [7, 11) is 0. The van der Waals surface area contributed by atoms with E-state index < -0.39 is 6.10 Å². The van der Waals surface area contributed by atoms with Crippen LogP contribution in [0.3, 0.4) is 0 Å². The van der Waals surface area contributed by atoms with Crippen molar-refractivity contribution in [1.29, 1.82) is 0 Å². The third-order valence-electron chi connectivity index (χ3n) is 12.5. The van der Waals surface area contributed by atoms with Crippen LogP contribution in [0.25, 0.3) is 0 Å². The summed E-state index contributed by atoms with van der Waals surface area (Å²) in [6, 6.07) is 0. The molecule has 0 aromatic carbocycles. The van der Waals surface area contributed by atoms with Crippen molar-refractivity contribution in [3.05, 3.63) is 122 Å². The SMILES string of the molecule is CC/C=C\C/C=C\C/C=C\C/C=C\C/C=C\C/C=C\C/C=C\C/C=C\C/C=C\CCCC(=O)OCC(COC(=O)CCCCCCCCCCCCC)OC(=O)CCCCCCC/C=C\CCCCCCCC. The lowest BCUT2D eigenvalue weighted by Gasteiger charge is -2.18. The number of hydrogen-bond donors (Lipinski definition) is 0. The Balaban J connectivity index is 4.40. The standard InChI is InChI=1S/C67H110O6/c1-4-7-10-13-16-19-22-24-26-27-28-29-30-31-32-33-34-35-36-37-38-39-41-42-45-48-51-54-57-60-66(69)72-63-64(62-71-65(68)59-56-53-50-47-44-21-18-15-12-9-6-3)73-67(70)61-58-55-52-49-46-43-40-25-23-20-17-14-11-8-5-2/h7,10,16,19,24-26,28-29,31-32,34-35,37-38,40-42,48,51,64H,4-6,8-9,11-15,17-18,20-23,27,30,33,36,39,43-47,49-50,52-63H2,1-3H3/b10-7-,19-16-,26-24-,29-28-,32-31-,35-34-,38-37-,40-25-,42-41-,51-48-. The van der Waals surface area contributed by atoms with E-state index in [1.807, 2.05) is 0 Å². The minimum Gasteiger partial charge on any atom is -0.462 e. The smallest absolute Gasteiger partial charge is 0.306 e. The zero-order valence-electron chi connectivity index (χ0n) is 47.4. The molecule has 0 aliphatic rings. The van der Waals surface area contributed by atoms with Crippen molar-refractivity contribution < 1.29 is 28.6 Å². The lowest BCUT2D eigenvalue weighted by atomic mass is 10.1. The van der Waals surface area contributed by atoms with Crippen LogP contribution in [0, 0.1) is 0 Å². The minimum absolute atomic E-state index is 0.0994. The number of carbonyl (C=O) groups excluding carboxylic acids is 3. The second-order valence-corrected chi connectivity index (χ2v) is 19.5. The van der Waals surface area contributed by atoms with Crippen molar-refractivity contribution in [3.63, 3.8) is 0 Å². The molecule has 6 heteroatoms. The average molecular weight is 1010 g/mol. The van der Waals surface area contributed by atoms with Gasteiger partial charge in [0, 0.05) is 19.3 Å². The van der Waals surface area contributed by atoms with Gasteiger partial charge in [-0.2, -0.15) is 0 Å². The summed E-state index contributed by atoms with van der Waals surface area (Å²) >= 11 is 0. The molecule has 0 N–H and O–H groups in total. The zero-order valence-corrected chi connectivity index (χ0v) is 47.4. The number of carbonyl (C=O) groups is 3. The van der Waals surface area contributed by atoms with Gasteiger partial charge in [-0.05, 0) is 109 Å². The van der Waals surface area contributed by atoms with Gasteiger partial charge in [-0.3, -0.25) is 14.4 Å². The Bertz CT molecular complexity index is 1540. The van der Waals surface area contributed by atoms with E-state index in [9.17, 15) is 14.4 Å². The van der Waals surface area contributed by atoms with Crippen LogP contribution in [0.15, 0.2) is 122 Å². The normalized spacial score (nSPS) is 13.0. The molecule has 0 aliphatic heterocycles. The summed E-state index contributed by atoms with van der Waals surface area (Å²) in [6.45, 7) is 6.46. The molecule has 0 fully saturated rings. The monoisotopic (exact) mass is 1010 g/mol. The maximum absolute atomic E-state index is 12.8. The molecule has 0 heterocycles. The predicted octanol–water partition coefficient (Wildman–Crippen LogP) is 20.4. The Kier molecular flexibility index (Phi) is 56.9. The molecule has 0 spiro atoms. The van der Waals surface area contributed by atoms with Gasteiger partial charge in [0.25, 0.3) is 0 Å². The molecule has 0 aliphatic carbocycles. The molecular weight excluding hydrogens is 901 g/mol. The third kappa shape index (κ3) is 58.6. The maximum Gasteiger partial charge on any atom is 0.306 e. The fraction of sp³-hybridized carbons (Fsp3) is 0.657. The van der Waals surface area contributed by atoms with Crippen molar-refractivity contribution in [3.8, 4) is 0 Å². The summed E-state index contributed by atoms with van der Waals surface area (Å²) in [6.07, 6.45) is 83.5. The number of esters is 3. The molecule has 0 aromatic heterocycles. The Morgan fingerprint density at radius 2 is 0.548 bits per heavy atom. The van der Waals surface area contributed by atoms with E-state index >= 15 is 0 Å². The van der Waals surface area contributed by atoms with E-state index in [4.69, 9.17) is 14.2 Å². The average Bonchev–Trinajstić information content (AvgIpc) is 3.39. The van der Waals surface area contributed by atoms with E-state index in [2.05, 4.69) is 142 Å². The Morgan fingerprint density at radius 3 is 0.904 bits per heavy atom. The second-order valence-electron chi connectivity index (χ2n) is 19.5. The van der Waals surface area contributed by atoms with Crippen LogP contribution in [0.4, 0.5) is 0 Å². The van der Waals surface area contributed by atoms with Gasteiger partial charge in [0.1, 0.15) is 13.2 Å². The molecule has 0 saturated heterocycles. The van der Waals surface area contributed by atoms with Crippen molar-refractivity contribution in [2.75, 3.05) is 13.2 Å². The van der Waals surface area contributed by atoms with Crippen LogP contribution >= 0.6 is 0 Å². The van der Waals surface area contributed by atoms with E-state index in [0.717, 1.165) is 116 Å². The van der Waals surface area contributed by atoms with Gasteiger partial charge in [0.2, 0.25) is 0 Å². The molecule has 1 atom stereocenters. The fourth-order valence-corrected chi connectivity index (χ4v) is 7.97. The summed E-state index contributed by atoms with van der Waals surface area (Å²) in [4.78, 5) is 38.1. The number of allylic oxidation sites excluding steroid dienone is 20. The Morgan fingerprint density at radius 1 is 0.288 bits per heavy atom. The molecule has 0 aromatic rings. The van der Waals surface area contributed by atoms with Gasteiger partial charge >= 0.3 is 17.9 Å². The Labute approximate surface area is 450 Å². The fourth-order valence-electron chi connectivity index (χ4n) is 7.97. The van der Waals surface area contributed by atoms with Gasteiger partial charge in [-0.1, -0.05) is 258 Å². The van der Waals surface area contributed by atoms with Crippen LogP contribution in [-0.2, 0) is 28.6 Å². The van der Waals surface area contributed by atoms with E-state index in [1.54, 1.807) is 0 Å². The van der Waals surface area contributed by atoms with Gasteiger partial charge in [-0.15, -0.1) is 0 Å².